The fourth-order valence-electron chi connectivity index (χ4n) is 1.58. The molecule has 114 valence electrons. The summed E-state index contributed by atoms with van der Waals surface area (Å²) in [6.45, 7) is 0. The van der Waals surface area contributed by atoms with Crippen molar-refractivity contribution < 1.29 is 4.79 Å². The van der Waals surface area contributed by atoms with Crippen molar-refractivity contribution in [2.75, 3.05) is 19.5 Å². The smallest absolute Gasteiger partial charge is 0.285 e. The second-order valence-corrected chi connectivity index (χ2v) is 6.59. The fraction of sp³-hybridized carbons (Fsp3) is 0.125. The molecule has 0 aliphatic heterocycles. The van der Waals surface area contributed by atoms with Gasteiger partial charge in [-0.2, -0.15) is 5.10 Å². The quantitative estimate of drug-likeness (QED) is 0.478. The van der Waals surface area contributed by atoms with Crippen LogP contribution in [0.25, 0.3) is 0 Å². The van der Waals surface area contributed by atoms with Crippen molar-refractivity contribution in [3.05, 3.63) is 58.6 Å². The number of hydrogen-bond donors (Lipinski definition) is 1. The number of halogens is 1. The second-order valence-electron chi connectivity index (χ2n) is 4.68. The van der Waals surface area contributed by atoms with E-state index < -0.39 is 0 Å². The van der Waals surface area contributed by atoms with E-state index in [1.165, 1.54) is 11.8 Å². The highest BCUT2D eigenvalue weighted by Crippen LogP contribution is 2.27. The summed E-state index contributed by atoms with van der Waals surface area (Å²) in [6, 6.07) is 15.5. The minimum atomic E-state index is -0.0243. The number of thioether (sulfide) groups is 1. The molecular formula is C16H16BrN3OS. The molecule has 0 saturated heterocycles. The highest BCUT2D eigenvalue weighted by atomic mass is 79.9. The number of hydrogen-bond acceptors (Lipinski definition) is 4. The van der Waals surface area contributed by atoms with E-state index in [9.17, 15) is 4.79 Å². The zero-order chi connectivity index (χ0) is 15.9. The fourth-order valence-corrected chi connectivity index (χ4v) is 2.89. The van der Waals surface area contributed by atoms with Crippen molar-refractivity contribution in [2.45, 2.75) is 4.90 Å². The molecule has 4 nitrogen and oxygen atoms in total. The average Bonchev–Trinajstić information content (AvgIpc) is 2.50. The molecule has 2 aromatic carbocycles. The Morgan fingerprint density at radius 2 is 1.95 bits per heavy atom. The molecule has 6 heteroatoms. The summed E-state index contributed by atoms with van der Waals surface area (Å²) in [7, 11) is 3.47. The van der Waals surface area contributed by atoms with Crippen LogP contribution in [-0.2, 0) is 0 Å². The number of benzene rings is 2. The zero-order valence-electron chi connectivity index (χ0n) is 12.3. The monoisotopic (exact) mass is 377 g/mol. The number of para-hydroxylation sites is 1. The third-order valence-corrected chi connectivity index (χ3v) is 4.32. The maximum atomic E-state index is 11.9. The molecule has 1 amide bonds. The number of nitrogens with zero attached hydrogens (tertiary/aromatic N) is 2. The second kappa shape index (κ2) is 8.00. The van der Waals surface area contributed by atoms with Crippen molar-refractivity contribution in [1.82, 2.24) is 4.90 Å². The van der Waals surface area contributed by atoms with Crippen molar-refractivity contribution in [1.29, 1.82) is 0 Å². The van der Waals surface area contributed by atoms with Crippen LogP contribution in [0.5, 0.6) is 0 Å². The molecule has 22 heavy (non-hydrogen) atoms. The van der Waals surface area contributed by atoms with Gasteiger partial charge < -0.3 is 4.90 Å². The normalized spacial score (nSPS) is 10.7. The highest BCUT2D eigenvalue weighted by Gasteiger charge is 2.10. The molecule has 0 aromatic heterocycles. The van der Waals surface area contributed by atoms with Gasteiger partial charge in [0.2, 0.25) is 0 Å². The number of rotatable bonds is 4. The lowest BCUT2D eigenvalue weighted by Crippen LogP contribution is -2.16. The predicted molar refractivity (Wildman–Crippen MR) is 96.7 cm³/mol. The van der Waals surface area contributed by atoms with Gasteiger partial charge in [-0.3, -0.25) is 10.2 Å². The number of carbonyl (C=O) groups is 1. The van der Waals surface area contributed by atoms with Gasteiger partial charge in [-0.15, -0.1) is 0 Å². The van der Waals surface area contributed by atoms with Crippen LogP contribution < -0.4 is 5.43 Å². The summed E-state index contributed by atoms with van der Waals surface area (Å²) >= 11 is 4.61. The van der Waals surface area contributed by atoms with E-state index in [-0.39, 0.29) is 5.24 Å². The van der Waals surface area contributed by atoms with Gasteiger partial charge in [0, 0.05) is 29.0 Å². The van der Waals surface area contributed by atoms with Crippen LogP contribution >= 0.6 is 27.7 Å². The average molecular weight is 378 g/mol. The topological polar surface area (TPSA) is 44.7 Å². The maximum absolute atomic E-state index is 11.9. The molecular weight excluding hydrogens is 362 g/mol. The maximum Gasteiger partial charge on any atom is 0.285 e. The summed E-state index contributed by atoms with van der Waals surface area (Å²) in [6.07, 6.45) is 1.71. The Bertz CT molecular complexity index is 674. The molecule has 2 aromatic rings. The lowest BCUT2D eigenvalue weighted by Gasteiger charge is -2.11. The van der Waals surface area contributed by atoms with E-state index in [0.717, 1.165) is 20.6 Å². The standard InChI is InChI=1S/C16H16BrN3OS/c1-20(2)16(21)22-15-10-13(17)9-8-12(15)11-18-19-14-6-4-3-5-7-14/h3-11,19H,1-2H3. The number of nitrogens with one attached hydrogen (secondary N) is 1. The van der Waals surface area contributed by atoms with Gasteiger partial charge in [-0.05, 0) is 36.0 Å². The van der Waals surface area contributed by atoms with Crippen LogP contribution in [0.2, 0.25) is 0 Å². The Balaban J connectivity index is 2.14. The molecule has 0 unspecified atom stereocenters. The summed E-state index contributed by atoms with van der Waals surface area (Å²) in [5.74, 6) is 0. The summed E-state index contributed by atoms with van der Waals surface area (Å²) in [5.41, 5.74) is 4.76. The van der Waals surface area contributed by atoms with Crippen LogP contribution in [0.3, 0.4) is 0 Å². The van der Waals surface area contributed by atoms with Crippen LogP contribution in [0.1, 0.15) is 5.56 Å². The lowest BCUT2D eigenvalue weighted by molar-refractivity contribution is 0.241. The number of hydrazone groups is 1. The van der Waals surface area contributed by atoms with E-state index in [2.05, 4.69) is 26.5 Å². The van der Waals surface area contributed by atoms with E-state index >= 15 is 0 Å². The van der Waals surface area contributed by atoms with Gasteiger partial charge in [0.05, 0.1) is 11.9 Å². The van der Waals surface area contributed by atoms with E-state index in [0.29, 0.717) is 0 Å². The highest BCUT2D eigenvalue weighted by molar-refractivity contribution is 9.10. The molecule has 0 spiro atoms. The minimum absolute atomic E-state index is 0.0243. The summed E-state index contributed by atoms with van der Waals surface area (Å²) in [5, 5.41) is 4.20. The zero-order valence-corrected chi connectivity index (χ0v) is 14.7. The molecule has 0 aliphatic rings. The van der Waals surface area contributed by atoms with Crippen molar-refractivity contribution in [2.24, 2.45) is 5.10 Å². The Kier molecular flexibility index (Phi) is 6.03. The van der Waals surface area contributed by atoms with Crippen LogP contribution in [-0.4, -0.2) is 30.4 Å². The number of carbonyl (C=O) groups excluding carboxylic acids is 1. The predicted octanol–water partition coefficient (Wildman–Crippen LogP) is 4.67. The number of amides is 1. The molecule has 0 fully saturated rings. The summed E-state index contributed by atoms with van der Waals surface area (Å²) in [4.78, 5) is 14.3. The first-order valence-electron chi connectivity index (χ1n) is 6.59. The van der Waals surface area contributed by atoms with Gasteiger partial charge in [0.25, 0.3) is 5.24 Å². The summed E-state index contributed by atoms with van der Waals surface area (Å²) < 4.78 is 0.926. The first-order chi connectivity index (χ1) is 10.6. The van der Waals surface area contributed by atoms with E-state index in [1.54, 1.807) is 25.2 Å². The Labute approximate surface area is 142 Å². The third-order valence-electron chi connectivity index (χ3n) is 2.71. The SMILES string of the molecule is CN(C)C(=O)Sc1cc(Br)ccc1C=NNc1ccccc1. The lowest BCUT2D eigenvalue weighted by atomic mass is 10.2. The third kappa shape index (κ3) is 4.89. The van der Waals surface area contributed by atoms with Crippen LogP contribution in [0.15, 0.2) is 63.0 Å². The molecule has 2 rings (SSSR count). The molecule has 1 N–H and O–H groups in total. The number of anilines is 1. The van der Waals surface area contributed by atoms with Gasteiger partial charge in [-0.1, -0.05) is 40.2 Å². The minimum Gasteiger partial charge on any atom is -0.339 e. The molecule has 0 heterocycles. The van der Waals surface area contributed by atoms with Crippen molar-refractivity contribution in [3.8, 4) is 0 Å². The van der Waals surface area contributed by atoms with Gasteiger partial charge in [0.1, 0.15) is 0 Å². The van der Waals surface area contributed by atoms with E-state index in [1.807, 2.05) is 48.5 Å². The Morgan fingerprint density at radius 1 is 1.23 bits per heavy atom. The van der Waals surface area contributed by atoms with Gasteiger partial charge in [0.15, 0.2) is 0 Å². The molecule has 0 radical (unpaired) electrons. The molecule has 0 aliphatic carbocycles. The van der Waals surface area contributed by atoms with Crippen LogP contribution in [0, 0.1) is 0 Å². The first kappa shape index (κ1) is 16.6. The molecule has 0 bridgehead atoms. The van der Waals surface area contributed by atoms with Gasteiger partial charge >= 0.3 is 0 Å². The first-order valence-corrected chi connectivity index (χ1v) is 8.20. The molecule has 0 atom stereocenters. The molecule has 0 saturated carbocycles. The van der Waals surface area contributed by atoms with Gasteiger partial charge in [-0.25, -0.2) is 0 Å². The van der Waals surface area contributed by atoms with Crippen molar-refractivity contribution in [3.63, 3.8) is 0 Å². The van der Waals surface area contributed by atoms with E-state index in [4.69, 9.17) is 0 Å². The largest absolute Gasteiger partial charge is 0.339 e. The Morgan fingerprint density at radius 3 is 2.64 bits per heavy atom. The van der Waals surface area contributed by atoms with Crippen LogP contribution in [0.4, 0.5) is 10.5 Å². The Hall–Kier alpha value is -1.79. The van der Waals surface area contributed by atoms with Crippen molar-refractivity contribution >= 4 is 44.8 Å².